The van der Waals surface area contributed by atoms with Crippen LogP contribution in [0.2, 0.25) is 5.02 Å². The van der Waals surface area contributed by atoms with E-state index in [0.717, 1.165) is 5.69 Å². The summed E-state index contributed by atoms with van der Waals surface area (Å²) in [5.41, 5.74) is 1.70. The highest BCUT2D eigenvalue weighted by atomic mass is 35.5. The number of aryl methyl sites for hydroxylation is 1. The Bertz CT molecular complexity index is 579. The van der Waals surface area contributed by atoms with Crippen LogP contribution in [-0.2, 0) is 0 Å². The highest BCUT2D eigenvalue weighted by molar-refractivity contribution is 6.30. The van der Waals surface area contributed by atoms with E-state index in [-0.39, 0.29) is 0 Å². The number of benzene rings is 1. The molecule has 1 heterocycles. The highest BCUT2D eigenvalue weighted by Gasteiger charge is 2.16. The molecule has 2 rings (SSSR count). The van der Waals surface area contributed by atoms with E-state index in [1.165, 1.54) is 0 Å². The number of halogens is 1. The van der Waals surface area contributed by atoms with Gasteiger partial charge < -0.3 is 5.32 Å². The van der Waals surface area contributed by atoms with E-state index < -0.39 is 0 Å². The standard InChI is InChI=1S/C12H13ClN4O/c1-3-14-12-11(16-18)8(2)15-17(12)10-6-4-5-9(13)7-10/h4-7,14H,3H2,1-2H3. The first kappa shape index (κ1) is 12.6. The summed E-state index contributed by atoms with van der Waals surface area (Å²) in [6.45, 7) is 4.37. The largest absolute Gasteiger partial charge is 0.368 e. The van der Waals surface area contributed by atoms with E-state index in [1.54, 1.807) is 23.7 Å². The Kier molecular flexibility index (Phi) is 3.62. The molecule has 6 heteroatoms. The van der Waals surface area contributed by atoms with Gasteiger partial charge in [0.25, 0.3) is 0 Å². The van der Waals surface area contributed by atoms with Gasteiger partial charge in [-0.1, -0.05) is 17.7 Å². The maximum absolute atomic E-state index is 10.9. The Morgan fingerprint density at radius 2 is 2.28 bits per heavy atom. The minimum atomic E-state index is 0.330. The molecule has 0 aliphatic rings. The maximum atomic E-state index is 10.9. The van der Waals surface area contributed by atoms with Gasteiger partial charge in [-0.3, -0.25) is 0 Å². The van der Waals surface area contributed by atoms with E-state index in [2.05, 4.69) is 15.6 Å². The molecule has 0 bridgehead atoms. The normalized spacial score (nSPS) is 10.4. The van der Waals surface area contributed by atoms with Crippen LogP contribution in [0.1, 0.15) is 12.6 Å². The first-order chi connectivity index (χ1) is 8.67. The Morgan fingerprint density at radius 1 is 1.50 bits per heavy atom. The van der Waals surface area contributed by atoms with Gasteiger partial charge in [-0.05, 0) is 37.2 Å². The van der Waals surface area contributed by atoms with Crippen molar-refractivity contribution in [3.63, 3.8) is 0 Å². The molecule has 0 saturated heterocycles. The fourth-order valence-corrected chi connectivity index (χ4v) is 1.93. The SMILES string of the molecule is CCNc1c(N=O)c(C)nn1-c1cccc(Cl)c1. The van der Waals surface area contributed by atoms with Crippen LogP contribution in [-0.4, -0.2) is 16.3 Å². The second-order valence-electron chi connectivity index (χ2n) is 3.80. The summed E-state index contributed by atoms with van der Waals surface area (Å²) in [6, 6.07) is 7.27. The zero-order valence-electron chi connectivity index (χ0n) is 10.1. The third kappa shape index (κ3) is 2.22. The lowest BCUT2D eigenvalue weighted by Gasteiger charge is -2.08. The fourth-order valence-electron chi connectivity index (χ4n) is 1.75. The lowest BCUT2D eigenvalue weighted by atomic mass is 10.3. The molecular formula is C12H13ClN4O. The molecule has 1 aromatic heterocycles. The average Bonchev–Trinajstić information content (AvgIpc) is 2.66. The van der Waals surface area contributed by atoms with Gasteiger partial charge in [-0.15, -0.1) is 4.91 Å². The number of nitroso groups, excluding NO2 is 1. The topological polar surface area (TPSA) is 59.3 Å². The molecule has 5 nitrogen and oxygen atoms in total. The van der Waals surface area contributed by atoms with Crippen molar-refractivity contribution >= 4 is 23.1 Å². The summed E-state index contributed by atoms with van der Waals surface area (Å²) in [5.74, 6) is 0.590. The van der Waals surface area contributed by atoms with Gasteiger partial charge in [-0.2, -0.15) is 5.10 Å². The number of rotatable bonds is 4. The second-order valence-corrected chi connectivity index (χ2v) is 4.23. The van der Waals surface area contributed by atoms with Gasteiger partial charge in [0.05, 0.1) is 11.4 Å². The van der Waals surface area contributed by atoms with Gasteiger partial charge >= 0.3 is 0 Å². The molecule has 0 radical (unpaired) electrons. The molecule has 1 N–H and O–H groups in total. The third-order valence-electron chi connectivity index (χ3n) is 2.52. The predicted molar refractivity (Wildman–Crippen MR) is 72.9 cm³/mol. The van der Waals surface area contributed by atoms with Crippen molar-refractivity contribution < 1.29 is 0 Å². The summed E-state index contributed by atoms with van der Waals surface area (Å²) in [6.07, 6.45) is 0. The molecule has 18 heavy (non-hydrogen) atoms. The molecule has 94 valence electrons. The Balaban J connectivity index is 2.60. The fraction of sp³-hybridized carbons (Fsp3) is 0.250. The molecule has 0 fully saturated rings. The first-order valence-electron chi connectivity index (χ1n) is 5.60. The van der Waals surface area contributed by atoms with Crippen LogP contribution in [0.15, 0.2) is 29.4 Å². The maximum Gasteiger partial charge on any atom is 0.173 e. The zero-order chi connectivity index (χ0) is 13.1. The van der Waals surface area contributed by atoms with Crippen LogP contribution in [0.3, 0.4) is 0 Å². The van der Waals surface area contributed by atoms with Gasteiger partial charge in [0.2, 0.25) is 0 Å². The molecule has 1 aromatic carbocycles. The third-order valence-corrected chi connectivity index (χ3v) is 2.75. The Hall–Kier alpha value is -1.88. The Labute approximate surface area is 110 Å². The van der Waals surface area contributed by atoms with Crippen molar-refractivity contribution in [2.24, 2.45) is 5.18 Å². The molecule has 0 atom stereocenters. The van der Waals surface area contributed by atoms with Crippen LogP contribution in [0.25, 0.3) is 5.69 Å². The van der Waals surface area contributed by atoms with Crippen molar-refractivity contribution in [3.8, 4) is 5.69 Å². The van der Waals surface area contributed by atoms with Crippen LogP contribution in [0.5, 0.6) is 0 Å². The monoisotopic (exact) mass is 264 g/mol. The van der Waals surface area contributed by atoms with Gasteiger partial charge in [0.15, 0.2) is 11.5 Å². The van der Waals surface area contributed by atoms with E-state index in [0.29, 0.717) is 28.8 Å². The summed E-state index contributed by atoms with van der Waals surface area (Å²) in [7, 11) is 0. The summed E-state index contributed by atoms with van der Waals surface area (Å²) >= 11 is 5.96. The van der Waals surface area contributed by atoms with E-state index in [1.807, 2.05) is 19.1 Å². The van der Waals surface area contributed by atoms with Crippen molar-refractivity contribution in [1.29, 1.82) is 0 Å². The molecule has 0 amide bonds. The minimum absolute atomic E-state index is 0.330. The number of hydrogen-bond donors (Lipinski definition) is 1. The number of nitrogens with one attached hydrogen (secondary N) is 1. The average molecular weight is 265 g/mol. The number of nitrogens with zero attached hydrogens (tertiary/aromatic N) is 3. The molecule has 0 aliphatic carbocycles. The summed E-state index contributed by atoms with van der Waals surface area (Å²) in [5, 5.41) is 11.1. The van der Waals surface area contributed by atoms with E-state index in [9.17, 15) is 4.91 Å². The number of hydrogen-bond acceptors (Lipinski definition) is 4. The van der Waals surface area contributed by atoms with Gasteiger partial charge in [-0.25, -0.2) is 4.68 Å². The van der Waals surface area contributed by atoms with Gasteiger partial charge in [0, 0.05) is 11.6 Å². The van der Waals surface area contributed by atoms with Gasteiger partial charge in [0.1, 0.15) is 0 Å². The molecule has 0 aliphatic heterocycles. The van der Waals surface area contributed by atoms with Crippen LogP contribution in [0.4, 0.5) is 11.5 Å². The minimum Gasteiger partial charge on any atom is -0.368 e. The van der Waals surface area contributed by atoms with Crippen molar-refractivity contribution in [3.05, 3.63) is 39.9 Å². The lowest BCUT2D eigenvalue weighted by Crippen LogP contribution is -2.05. The lowest BCUT2D eigenvalue weighted by molar-refractivity contribution is 0.862. The number of aromatic nitrogens is 2. The van der Waals surface area contributed by atoms with Crippen LogP contribution >= 0.6 is 11.6 Å². The first-order valence-corrected chi connectivity index (χ1v) is 5.98. The molecule has 0 saturated carbocycles. The molecule has 2 aromatic rings. The second kappa shape index (κ2) is 5.18. The highest BCUT2D eigenvalue weighted by Crippen LogP contribution is 2.31. The zero-order valence-corrected chi connectivity index (χ0v) is 10.9. The Morgan fingerprint density at radius 3 is 2.89 bits per heavy atom. The van der Waals surface area contributed by atoms with Crippen LogP contribution in [0, 0.1) is 11.8 Å². The molecule has 0 spiro atoms. The van der Waals surface area contributed by atoms with Crippen LogP contribution < -0.4 is 5.32 Å². The van der Waals surface area contributed by atoms with Crippen molar-refractivity contribution in [1.82, 2.24) is 9.78 Å². The van der Waals surface area contributed by atoms with Crippen molar-refractivity contribution in [2.75, 3.05) is 11.9 Å². The van der Waals surface area contributed by atoms with Crippen molar-refractivity contribution in [2.45, 2.75) is 13.8 Å². The summed E-state index contributed by atoms with van der Waals surface area (Å²) < 4.78 is 1.64. The van der Waals surface area contributed by atoms with E-state index in [4.69, 9.17) is 11.6 Å². The molecular weight excluding hydrogens is 252 g/mol. The predicted octanol–water partition coefficient (Wildman–Crippen LogP) is 3.66. The molecule has 0 unspecified atom stereocenters. The summed E-state index contributed by atoms with van der Waals surface area (Å²) in [4.78, 5) is 10.9. The van der Waals surface area contributed by atoms with E-state index >= 15 is 0 Å². The smallest absolute Gasteiger partial charge is 0.173 e. The number of anilines is 1. The quantitative estimate of drug-likeness (QED) is 0.857.